The van der Waals surface area contributed by atoms with Gasteiger partial charge in [-0.2, -0.15) is 0 Å². The van der Waals surface area contributed by atoms with Gasteiger partial charge in [0, 0.05) is 17.5 Å². The topological polar surface area (TPSA) is 78.4 Å². The van der Waals surface area contributed by atoms with Crippen molar-refractivity contribution in [1.82, 2.24) is 10.6 Å². The average Bonchev–Trinajstić information content (AvgIpc) is 2.78. The molecule has 0 fully saturated rings. The highest BCUT2D eigenvalue weighted by molar-refractivity contribution is 7.09. The predicted molar refractivity (Wildman–Crippen MR) is 84.7 cm³/mol. The van der Waals surface area contributed by atoms with E-state index in [4.69, 9.17) is 5.11 Å². The van der Waals surface area contributed by atoms with Gasteiger partial charge >= 0.3 is 12.0 Å². The quantitative estimate of drug-likeness (QED) is 0.724. The Kier molecular flexibility index (Phi) is 6.68. The minimum absolute atomic E-state index is 0.0373. The van der Waals surface area contributed by atoms with E-state index < -0.39 is 5.97 Å². The second-order valence-electron chi connectivity index (χ2n) is 6.29. The number of carboxylic acids is 1. The summed E-state index contributed by atoms with van der Waals surface area (Å²) < 4.78 is 0. The summed E-state index contributed by atoms with van der Waals surface area (Å²) in [5.74, 6) is -0.900. The lowest BCUT2D eigenvalue weighted by Gasteiger charge is -2.25. The number of carbonyl (C=O) groups is 2. The Morgan fingerprint density at radius 1 is 1.38 bits per heavy atom. The van der Waals surface area contributed by atoms with E-state index in [0.29, 0.717) is 13.0 Å². The Morgan fingerprint density at radius 3 is 2.62 bits per heavy atom. The Hall–Kier alpha value is -1.56. The molecule has 1 unspecified atom stereocenters. The summed E-state index contributed by atoms with van der Waals surface area (Å²) in [6.45, 7) is 6.62. The van der Waals surface area contributed by atoms with Gasteiger partial charge < -0.3 is 15.7 Å². The lowest BCUT2D eigenvalue weighted by molar-refractivity contribution is -0.137. The monoisotopic (exact) mass is 312 g/mol. The molecule has 0 aromatic carbocycles. The highest BCUT2D eigenvalue weighted by Gasteiger charge is 2.22. The summed E-state index contributed by atoms with van der Waals surface area (Å²) in [5.41, 5.74) is -0.0373. The lowest BCUT2D eigenvalue weighted by atomic mass is 9.87. The van der Waals surface area contributed by atoms with Gasteiger partial charge in [-0.15, -0.1) is 11.3 Å². The number of nitrogens with one attached hydrogen (secondary N) is 2. The van der Waals surface area contributed by atoms with Crippen LogP contribution in [0.5, 0.6) is 0 Å². The molecular formula is C15H24N2O3S. The molecule has 0 saturated carbocycles. The van der Waals surface area contributed by atoms with E-state index in [2.05, 4.69) is 10.6 Å². The molecule has 118 valence electrons. The Bertz CT molecular complexity index is 452. The van der Waals surface area contributed by atoms with Crippen LogP contribution in [-0.2, 0) is 11.2 Å². The van der Waals surface area contributed by atoms with Crippen molar-refractivity contribution in [3.05, 3.63) is 22.4 Å². The number of hydrogen-bond acceptors (Lipinski definition) is 3. The third-order valence-corrected chi connectivity index (χ3v) is 3.79. The first-order valence-corrected chi connectivity index (χ1v) is 7.93. The van der Waals surface area contributed by atoms with Gasteiger partial charge in [-0.05, 0) is 29.7 Å². The number of rotatable bonds is 7. The number of thiophene rings is 1. The molecule has 0 radical (unpaired) electrons. The van der Waals surface area contributed by atoms with Crippen molar-refractivity contribution in [2.24, 2.45) is 5.41 Å². The molecule has 1 atom stereocenters. The van der Waals surface area contributed by atoms with Crippen LogP contribution in [0.3, 0.4) is 0 Å². The molecule has 5 nitrogen and oxygen atoms in total. The van der Waals surface area contributed by atoms with Gasteiger partial charge in [-0.1, -0.05) is 26.8 Å². The number of amides is 2. The van der Waals surface area contributed by atoms with Crippen molar-refractivity contribution < 1.29 is 14.7 Å². The molecule has 0 spiro atoms. The van der Waals surface area contributed by atoms with Crippen LogP contribution >= 0.6 is 11.3 Å². The Morgan fingerprint density at radius 2 is 2.10 bits per heavy atom. The Labute approximate surface area is 129 Å². The molecular weight excluding hydrogens is 288 g/mol. The van der Waals surface area contributed by atoms with Gasteiger partial charge in [-0.3, -0.25) is 4.79 Å². The first-order chi connectivity index (χ1) is 9.76. The number of carbonyl (C=O) groups excluding carboxylic acids is 1. The van der Waals surface area contributed by atoms with Gasteiger partial charge in [0.1, 0.15) is 0 Å². The van der Waals surface area contributed by atoms with Crippen LogP contribution in [0, 0.1) is 5.41 Å². The molecule has 0 aliphatic heterocycles. The molecule has 3 N–H and O–H groups in total. The second kappa shape index (κ2) is 8.02. The lowest BCUT2D eigenvalue weighted by Crippen LogP contribution is -2.45. The molecule has 0 aliphatic carbocycles. The van der Waals surface area contributed by atoms with Crippen molar-refractivity contribution in [1.29, 1.82) is 0 Å². The summed E-state index contributed by atoms with van der Waals surface area (Å²) in [7, 11) is 0. The van der Waals surface area contributed by atoms with Crippen LogP contribution in [0.25, 0.3) is 0 Å². The predicted octanol–water partition coefficient (Wildman–Crippen LogP) is 2.87. The standard InChI is InChI=1S/C15H24N2O3S/c1-15(2,3)10-11(9-13(18)19)17-14(20)16-7-6-12-5-4-8-21-12/h4-5,8,11H,6-7,9-10H2,1-3H3,(H,18,19)(H2,16,17,20). The van der Waals surface area contributed by atoms with Crippen LogP contribution < -0.4 is 10.6 Å². The van der Waals surface area contributed by atoms with Crippen molar-refractivity contribution in [3.63, 3.8) is 0 Å². The highest BCUT2D eigenvalue weighted by Crippen LogP contribution is 2.22. The van der Waals surface area contributed by atoms with E-state index in [-0.39, 0.29) is 23.9 Å². The molecule has 0 bridgehead atoms. The number of urea groups is 1. The maximum atomic E-state index is 11.8. The van der Waals surface area contributed by atoms with Gasteiger partial charge in [-0.25, -0.2) is 4.79 Å². The molecule has 0 saturated heterocycles. The fourth-order valence-electron chi connectivity index (χ4n) is 2.11. The van der Waals surface area contributed by atoms with Gasteiger partial charge in [0.05, 0.1) is 6.42 Å². The van der Waals surface area contributed by atoms with Crippen molar-refractivity contribution in [2.75, 3.05) is 6.54 Å². The van der Waals surface area contributed by atoms with E-state index in [0.717, 1.165) is 6.42 Å². The minimum Gasteiger partial charge on any atom is -0.481 e. The first kappa shape index (κ1) is 17.5. The summed E-state index contributed by atoms with van der Waals surface area (Å²) in [6, 6.07) is 3.34. The van der Waals surface area contributed by atoms with Gasteiger partial charge in [0.2, 0.25) is 0 Å². The zero-order chi connectivity index (χ0) is 15.9. The first-order valence-electron chi connectivity index (χ1n) is 7.05. The van der Waals surface area contributed by atoms with Crippen LogP contribution in [0.2, 0.25) is 0 Å². The van der Waals surface area contributed by atoms with E-state index >= 15 is 0 Å². The zero-order valence-corrected chi connectivity index (χ0v) is 13.6. The number of aliphatic carboxylic acids is 1. The van der Waals surface area contributed by atoms with E-state index in [1.54, 1.807) is 11.3 Å². The molecule has 0 aliphatic rings. The van der Waals surface area contributed by atoms with Gasteiger partial charge in [0.15, 0.2) is 0 Å². The number of carboxylic acid groups (broad SMARTS) is 1. The fraction of sp³-hybridized carbons (Fsp3) is 0.600. The van der Waals surface area contributed by atoms with Crippen LogP contribution in [0.1, 0.15) is 38.5 Å². The molecule has 1 heterocycles. The maximum absolute atomic E-state index is 11.8. The summed E-state index contributed by atoms with van der Waals surface area (Å²) in [5, 5.41) is 16.5. The van der Waals surface area contributed by atoms with Crippen molar-refractivity contribution in [2.45, 2.75) is 46.1 Å². The molecule has 2 amide bonds. The normalized spacial score (nSPS) is 12.7. The second-order valence-corrected chi connectivity index (χ2v) is 7.32. The van der Waals surface area contributed by atoms with E-state index in [1.807, 2.05) is 38.3 Å². The van der Waals surface area contributed by atoms with Crippen molar-refractivity contribution >= 4 is 23.3 Å². The number of hydrogen-bond donors (Lipinski definition) is 3. The summed E-state index contributed by atoms with van der Waals surface area (Å²) in [6.07, 6.45) is 1.35. The van der Waals surface area contributed by atoms with Crippen LogP contribution in [-0.4, -0.2) is 29.7 Å². The highest BCUT2D eigenvalue weighted by atomic mass is 32.1. The van der Waals surface area contributed by atoms with E-state index in [9.17, 15) is 9.59 Å². The van der Waals surface area contributed by atoms with E-state index in [1.165, 1.54) is 4.88 Å². The SMILES string of the molecule is CC(C)(C)CC(CC(=O)O)NC(=O)NCCc1cccs1. The summed E-state index contributed by atoms with van der Waals surface area (Å²) >= 11 is 1.66. The van der Waals surface area contributed by atoms with Crippen LogP contribution in [0.15, 0.2) is 17.5 Å². The van der Waals surface area contributed by atoms with Gasteiger partial charge in [0.25, 0.3) is 0 Å². The molecule has 1 aromatic rings. The zero-order valence-electron chi connectivity index (χ0n) is 12.8. The molecule has 6 heteroatoms. The minimum atomic E-state index is -0.900. The molecule has 1 aromatic heterocycles. The third-order valence-electron chi connectivity index (χ3n) is 2.85. The van der Waals surface area contributed by atoms with Crippen molar-refractivity contribution in [3.8, 4) is 0 Å². The summed E-state index contributed by atoms with van der Waals surface area (Å²) in [4.78, 5) is 23.9. The average molecular weight is 312 g/mol. The Balaban J connectivity index is 2.38. The third kappa shape index (κ3) is 8.34. The maximum Gasteiger partial charge on any atom is 0.315 e. The van der Waals surface area contributed by atoms with Crippen LogP contribution in [0.4, 0.5) is 4.79 Å². The largest absolute Gasteiger partial charge is 0.481 e. The molecule has 21 heavy (non-hydrogen) atoms. The smallest absolute Gasteiger partial charge is 0.315 e. The molecule has 1 rings (SSSR count). The fourth-order valence-corrected chi connectivity index (χ4v) is 2.82.